The highest BCUT2D eigenvalue weighted by Crippen LogP contribution is 2.10. The first-order chi connectivity index (χ1) is 9.25. The highest BCUT2D eigenvalue weighted by Gasteiger charge is 1.97. The molecule has 0 spiro atoms. The van der Waals surface area contributed by atoms with Crippen LogP contribution in [0.2, 0.25) is 0 Å². The van der Waals surface area contributed by atoms with Gasteiger partial charge in [-0.2, -0.15) is 10.2 Å². The molecule has 0 atom stereocenters. The maximum absolute atomic E-state index is 3.97. The number of aryl methyl sites for hydroxylation is 1. The summed E-state index contributed by atoms with van der Waals surface area (Å²) in [6, 6.07) is 0. The number of nitrogens with zero attached hydrogens (tertiary/aromatic N) is 2. The minimum Gasteiger partial charge on any atom is -0.158 e. The average molecular weight is 264 g/mol. The molecule has 0 aliphatic carbocycles. The van der Waals surface area contributed by atoms with Crippen LogP contribution in [0.1, 0.15) is 65.3 Å². The molecule has 0 aliphatic rings. The van der Waals surface area contributed by atoms with Gasteiger partial charge in [0.2, 0.25) is 0 Å². The van der Waals surface area contributed by atoms with Crippen LogP contribution in [0.25, 0.3) is 6.08 Å². The largest absolute Gasteiger partial charge is 0.158 e. The maximum atomic E-state index is 3.97. The first-order valence-electron chi connectivity index (χ1n) is 7.34. The molecule has 2 heteroatoms. The van der Waals surface area contributed by atoms with Gasteiger partial charge >= 0.3 is 0 Å². The van der Waals surface area contributed by atoms with E-state index in [-0.39, 0.29) is 0 Å². The smallest absolute Gasteiger partial charge is 0.0635 e. The van der Waals surface area contributed by atoms with Gasteiger partial charge in [0.1, 0.15) is 0 Å². The summed E-state index contributed by atoms with van der Waals surface area (Å²) in [6.45, 7) is 18.0. The van der Waals surface area contributed by atoms with Crippen molar-refractivity contribution >= 4 is 6.08 Å². The van der Waals surface area contributed by atoms with E-state index >= 15 is 0 Å². The van der Waals surface area contributed by atoms with Crippen molar-refractivity contribution in [3.8, 4) is 0 Å². The van der Waals surface area contributed by atoms with Crippen molar-refractivity contribution in [2.24, 2.45) is 0 Å². The number of rotatable bonds is 2. The lowest BCUT2D eigenvalue weighted by molar-refractivity contribution is 0.957. The zero-order valence-electron chi connectivity index (χ0n) is 14.3. The molecule has 1 aromatic rings. The van der Waals surface area contributed by atoms with Gasteiger partial charge in [0.05, 0.1) is 11.9 Å². The van der Waals surface area contributed by atoms with Crippen LogP contribution in [0.5, 0.6) is 0 Å². The van der Waals surface area contributed by atoms with Gasteiger partial charge in [-0.15, -0.1) is 0 Å². The van der Waals surface area contributed by atoms with Crippen LogP contribution in [0.3, 0.4) is 0 Å². The van der Waals surface area contributed by atoms with Crippen LogP contribution in [0, 0.1) is 13.8 Å². The van der Waals surface area contributed by atoms with E-state index in [0.29, 0.717) is 0 Å². The predicted molar refractivity (Wildman–Crippen MR) is 89.4 cm³/mol. The monoisotopic (exact) mass is 264 g/mol. The van der Waals surface area contributed by atoms with Gasteiger partial charge in [-0.05, 0) is 31.9 Å². The van der Waals surface area contributed by atoms with E-state index in [1.54, 1.807) is 6.20 Å². The minimum atomic E-state index is 0.989. The van der Waals surface area contributed by atoms with Crippen molar-refractivity contribution in [1.29, 1.82) is 0 Å². The molecular weight excluding hydrogens is 232 g/mol. The molecule has 0 bridgehead atoms. The molecule has 110 valence electrons. The van der Waals surface area contributed by atoms with Crippen LogP contribution in [0.15, 0.2) is 24.4 Å². The molecule has 0 unspecified atom stereocenters. The van der Waals surface area contributed by atoms with E-state index in [2.05, 4.69) is 17.1 Å². The Morgan fingerprint density at radius 2 is 1.42 bits per heavy atom. The second-order valence-electron chi connectivity index (χ2n) is 2.90. The van der Waals surface area contributed by atoms with Crippen LogP contribution in [-0.2, 0) is 0 Å². The van der Waals surface area contributed by atoms with E-state index in [0.717, 1.165) is 11.3 Å². The molecular formula is C17H32N2. The van der Waals surface area contributed by atoms with Crippen molar-refractivity contribution in [3.63, 3.8) is 0 Å². The number of allylic oxidation sites excluding steroid dienone is 3. The van der Waals surface area contributed by atoms with Gasteiger partial charge in [0, 0.05) is 0 Å². The highest BCUT2D eigenvalue weighted by atomic mass is 15.1. The molecule has 0 saturated carbocycles. The fraction of sp³-hybridized carbons (Fsp3) is 0.529. The summed E-state index contributed by atoms with van der Waals surface area (Å²) in [4.78, 5) is 0. The molecule has 0 radical (unpaired) electrons. The van der Waals surface area contributed by atoms with Crippen molar-refractivity contribution in [2.75, 3.05) is 0 Å². The van der Waals surface area contributed by atoms with E-state index in [1.165, 1.54) is 5.56 Å². The van der Waals surface area contributed by atoms with Gasteiger partial charge in [-0.25, -0.2) is 0 Å². The predicted octanol–water partition coefficient (Wildman–Crippen LogP) is 5.76. The Kier molecular flexibility index (Phi) is 22.6. The normalized spacial score (nSPS) is 8.89. The van der Waals surface area contributed by atoms with E-state index in [4.69, 9.17) is 0 Å². The molecule has 2 nitrogen and oxygen atoms in total. The Balaban J connectivity index is -0.000000375. The first kappa shape index (κ1) is 22.7. The molecule has 0 saturated heterocycles. The average Bonchev–Trinajstić information content (AvgIpc) is 2.50. The van der Waals surface area contributed by atoms with Crippen LogP contribution in [0.4, 0.5) is 0 Å². The summed E-state index contributed by atoms with van der Waals surface area (Å²) < 4.78 is 0. The van der Waals surface area contributed by atoms with Gasteiger partial charge in [0.15, 0.2) is 0 Å². The third-order valence-corrected chi connectivity index (χ3v) is 1.96. The van der Waals surface area contributed by atoms with Gasteiger partial charge in [-0.1, -0.05) is 65.8 Å². The summed E-state index contributed by atoms with van der Waals surface area (Å²) in [7, 11) is 0. The fourth-order valence-corrected chi connectivity index (χ4v) is 0.997. The van der Waals surface area contributed by atoms with Crippen molar-refractivity contribution in [3.05, 3.63) is 41.2 Å². The summed E-state index contributed by atoms with van der Waals surface area (Å²) in [5.41, 5.74) is 3.31. The number of hydrogen-bond donors (Lipinski definition) is 0. The molecule has 1 aromatic heterocycles. The van der Waals surface area contributed by atoms with Gasteiger partial charge < -0.3 is 0 Å². The Hall–Kier alpha value is -1.44. The number of aromatic nitrogens is 2. The molecule has 0 fully saturated rings. The molecule has 0 aliphatic heterocycles. The van der Waals surface area contributed by atoms with E-state index in [1.807, 2.05) is 79.7 Å². The lowest BCUT2D eigenvalue weighted by Gasteiger charge is -2.00. The molecule has 1 rings (SSSR count). The van der Waals surface area contributed by atoms with E-state index in [9.17, 15) is 0 Å². The molecule has 19 heavy (non-hydrogen) atoms. The van der Waals surface area contributed by atoms with Gasteiger partial charge in [0.25, 0.3) is 0 Å². The Bertz CT molecular complexity index is 339. The lowest BCUT2D eigenvalue weighted by atomic mass is 10.1. The van der Waals surface area contributed by atoms with Crippen LogP contribution >= 0.6 is 0 Å². The molecule has 0 amide bonds. The number of hydrogen-bond acceptors (Lipinski definition) is 2. The summed E-state index contributed by atoms with van der Waals surface area (Å²) in [5.74, 6) is 0. The van der Waals surface area contributed by atoms with Crippen molar-refractivity contribution in [1.82, 2.24) is 10.2 Å². The summed E-state index contributed by atoms with van der Waals surface area (Å²) in [5, 5.41) is 7.86. The SMILES string of the molecule is C/C=C\C=C/c1cnnc(C)c1C.CC.CC.CC. The zero-order chi connectivity index (χ0) is 15.7. The fourth-order valence-electron chi connectivity index (χ4n) is 0.997. The second-order valence-corrected chi connectivity index (χ2v) is 2.90. The topological polar surface area (TPSA) is 25.8 Å². The molecule has 1 heterocycles. The van der Waals surface area contributed by atoms with Crippen LogP contribution in [-0.4, -0.2) is 10.2 Å². The Morgan fingerprint density at radius 3 is 1.89 bits per heavy atom. The summed E-state index contributed by atoms with van der Waals surface area (Å²) >= 11 is 0. The van der Waals surface area contributed by atoms with Crippen molar-refractivity contribution in [2.45, 2.75) is 62.3 Å². The zero-order valence-corrected chi connectivity index (χ0v) is 14.3. The third kappa shape index (κ3) is 11.4. The molecule has 0 N–H and O–H groups in total. The Labute approximate surface area is 120 Å². The van der Waals surface area contributed by atoms with E-state index < -0.39 is 0 Å². The standard InChI is InChI=1S/C11H14N2.3C2H6/c1-4-5-6-7-11-8-12-13-10(3)9(11)2;3*1-2/h4-8H,1-3H3;3*1-2H3/b5-4-,7-6-;;;. The van der Waals surface area contributed by atoms with Crippen molar-refractivity contribution < 1.29 is 0 Å². The summed E-state index contributed by atoms with van der Waals surface area (Å²) in [6.07, 6.45) is 9.81. The lowest BCUT2D eigenvalue weighted by Crippen LogP contribution is -1.92. The first-order valence-corrected chi connectivity index (χ1v) is 7.34. The van der Waals surface area contributed by atoms with Gasteiger partial charge in [-0.3, -0.25) is 0 Å². The third-order valence-electron chi connectivity index (χ3n) is 1.96. The quantitative estimate of drug-likeness (QED) is 0.634. The Morgan fingerprint density at radius 1 is 0.895 bits per heavy atom. The second kappa shape index (κ2) is 18.9. The van der Waals surface area contributed by atoms with Crippen LogP contribution < -0.4 is 0 Å². The highest BCUT2D eigenvalue weighted by molar-refractivity contribution is 5.54. The minimum absolute atomic E-state index is 0.989. The maximum Gasteiger partial charge on any atom is 0.0635 e. The molecule has 0 aromatic carbocycles.